The molecule has 1 amide bonds. The largest absolute Gasteiger partial charge is 0.494 e. The van der Waals surface area contributed by atoms with Crippen molar-refractivity contribution in [3.05, 3.63) is 59.9 Å². The molecule has 0 saturated heterocycles. The van der Waals surface area contributed by atoms with Crippen molar-refractivity contribution in [1.82, 2.24) is 10.3 Å². The van der Waals surface area contributed by atoms with Gasteiger partial charge in [-0.3, -0.25) is 9.78 Å². The van der Waals surface area contributed by atoms with Crippen molar-refractivity contribution in [2.24, 2.45) is 0 Å². The van der Waals surface area contributed by atoms with Gasteiger partial charge in [0, 0.05) is 18.8 Å². The van der Waals surface area contributed by atoms with E-state index in [4.69, 9.17) is 4.74 Å². The molecule has 0 fully saturated rings. The Labute approximate surface area is 144 Å². The minimum absolute atomic E-state index is 0.0593. The molecule has 4 nitrogen and oxygen atoms in total. The van der Waals surface area contributed by atoms with Gasteiger partial charge in [0.05, 0.1) is 12.6 Å². The molecule has 0 saturated carbocycles. The number of ether oxygens (including phenoxy) is 1. The Morgan fingerprint density at radius 1 is 1.21 bits per heavy atom. The molecule has 0 spiro atoms. The fourth-order valence-corrected chi connectivity index (χ4v) is 2.57. The van der Waals surface area contributed by atoms with Crippen molar-refractivity contribution < 1.29 is 9.53 Å². The zero-order chi connectivity index (χ0) is 17.2. The van der Waals surface area contributed by atoms with Crippen LogP contribution >= 0.6 is 0 Å². The van der Waals surface area contributed by atoms with Crippen LogP contribution in [-0.4, -0.2) is 17.5 Å². The minimum Gasteiger partial charge on any atom is -0.494 e. The summed E-state index contributed by atoms with van der Waals surface area (Å²) >= 11 is 0. The van der Waals surface area contributed by atoms with Crippen LogP contribution in [0.1, 0.15) is 49.8 Å². The summed E-state index contributed by atoms with van der Waals surface area (Å²) in [6, 6.07) is 12.0. The molecule has 1 unspecified atom stereocenters. The molecule has 1 aromatic carbocycles. The molecule has 1 aromatic heterocycles. The van der Waals surface area contributed by atoms with Crippen LogP contribution in [0.3, 0.4) is 0 Å². The average molecular weight is 326 g/mol. The second kappa shape index (κ2) is 9.71. The molecule has 24 heavy (non-hydrogen) atoms. The van der Waals surface area contributed by atoms with Gasteiger partial charge in [0.1, 0.15) is 5.75 Å². The first-order valence-electron chi connectivity index (χ1n) is 8.57. The van der Waals surface area contributed by atoms with E-state index in [9.17, 15) is 4.79 Å². The third kappa shape index (κ3) is 6.03. The Morgan fingerprint density at radius 2 is 2.00 bits per heavy atom. The molecule has 0 aliphatic rings. The Morgan fingerprint density at radius 3 is 2.71 bits per heavy atom. The van der Waals surface area contributed by atoms with Crippen LogP contribution in [-0.2, 0) is 4.79 Å². The highest BCUT2D eigenvalue weighted by molar-refractivity contribution is 5.76. The van der Waals surface area contributed by atoms with Gasteiger partial charge in [-0.25, -0.2) is 0 Å². The summed E-state index contributed by atoms with van der Waals surface area (Å²) in [5.41, 5.74) is 2.29. The van der Waals surface area contributed by atoms with Gasteiger partial charge in [-0.15, -0.1) is 0 Å². The first-order chi connectivity index (χ1) is 11.7. The van der Waals surface area contributed by atoms with E-state index >= 15 is 0 Å². The van der Waals surface area contributed by atoms with E-state index in [1.54, 1.807) is 12.4 Å². The third-order valence-corrected chi connectivity index (χ3v) is 3.91. The Balaban J connectivity index is 1.66. The molecule has 128 valence electrons. The number of aryl methyl sites for hydroxylation is 1. The van der Waals surface area contributed by atoms with Gasteiger partial charge in [-0.2, -0.15) is 0 Å². The topological polar surface area (TPSA) is 51.2 Å². The maximum atomic E-state index is 12.1. The van der Waals surface area contributed by atoms with Crippen LogP contribution in [0.2, 0.25) is 0 Å². The number of hydrogen-bond donors (Lipinski definition) is 1. The van der Waals surface area contributed by atoms with Gasteiger partial charge in [0.25, 0.3) is 0 Å². The number of nitrogens with one attached hydrogen (secondary N) is 1. The van der Waals surface area contributed by atoms with Gasteiger partial charge < -0.3 is 10.1 Å². The number of unbranched alkanes of at least 4 members (excludes halogenated alkanes) is 1. The number of carbonyl (C=O) groups excluding carboxylic acids is 1. The molecule has 1 atom stereocenters. The highest BCUT2D eigenvalue weighted by atomic mass is 16.5. The van der Waals surface area contributed by atoms with Crippen LogP contribution in [0.5, 0.6) is 5.75 Å². The molecular formula is C20H26N2O2. The van der Waals surface area contributed by atoms with Crippen LogP contribution in [0.15, 0.2) is 48.8 Å². The van der Waals surface area contributed by atoms with Gasteiger partial charge in [0.15, 0.2) is 0 Å². The molecule has 0 aliphatic heterocycles. The van der Waals surface area contributed by atoms with E-state index in [1.165, 1.54) is 5.56 Å². The van der Waals surface area contributed by atoms with E-state index in [2.05, 4.69) is 17.2 Å². The minimum atomic E-state index is 0.0593. The molecule has 1 N–H and O–H groups in total. The lowest BCUT2D eigenvalue weighted by Crippen LogP contribution is -2.27. The summed E-state index contributed by atoms with van der Waals surface area (Å²) in [5, 5.41) is 3.09. The van der Waals surface area contributed by atoms with E-state index in [-0.39, 0.29) is 11.9 Å². The Bertz CT molecular complexity index is 629. The van der Waals surface area contributed by atoms with E-state index in [0.29, 0.717) is 13.0 Å². The molecule has 0 bridgehead atoms. The Hall–Kier alpha value is -2.36. The Kier molecular flexibility index (Phi) is 7.27. The standard InChI is InChI=1S/C20H26N2O2/c1-3-19(17-10-12-21-13-11-17)22-20(23)9-4-5-14-24-18-8-6-7-16(2)15-18/h6-8,10-13,15,19H,3-5,9,14H2,1-2H3,(H,22,23). The van der Waals surface area contributed by atoms with Gasteiger partial charge in [-0.1, -0.05) is 19.1 Å². The van der Waals surface area contributed by atoms with Crippen LogP contribution in [0.4, 0.5) is 0 Å². The average Bonchev–Trinajstić information content (AvgIpc) is 2.60. The number of nitrogens with zero attached hydrogens (tertiary/aromatic N) is 1. The lowest BCUT2D eigenvalue weighted by atomic mass is 10.1. The van der Waals surface area contributed by atoms with Crippen molar-refractivity contribution in [2.45, 2.75) is 45.6 Å². The van der Waals surface area contributed by atoms with E-state index in [0.717, 1.165) is 30.6 Å². The lowest BCUT2D eigenvalue weighted by molar-refractivity contribution is -0.122. The van der Waals surface area contributed by atoms with Gasteiger partial charge in [-0.05, 0) is 61.6 Å². The zero-order valence-corrected chi connectivity index (χ0v) is 14.5. The zero-order valence-electron chi connectivity index (χ0n) is 14.5. The summed E-state index contributed by atoms with van der Waals surface area (Å²) in [6.07, 6.45) is 6.60. The number of carbonyl (C=O) groups is 1. The monoisotopic (exact) mass is 326 g/mol. The fourth-order valence-electron chi connectivity index (χ4n) is 2.57. The predicted molar refractivity (Wildman–Crippen MR) is 95.9 cm³/mol. The second-order valence-corrected chi connectivity index (χ2v) is 5.93. The first-order valence-corrected chi connectivity index (χ1v) is 8.57. The van der Waals surface area contributed by atoms with Crippen LogP contribution in [0, 0.1) is 6.92 Å². The number of pyridine rings is 1. The number of rotatable bonds is 9. The van der Waals surface area contributed by atoms with Crippen molar-refractivity contribution in [1.29, 1.82) is 0 Å². The van der Waals surface area contributed by atoms with Crippen molar-refractivity contribution in [3.8, 4) is 5.75 Å². The normalized spacial score (nSPS) is 11.8. The van der Waals surface area contributed by atoms with Gasteiger partial charge >= 0.3 is 0 Å². The highest BCUT2D eigenvalue weighted by Crippen LogP contribution is 2.16. The van der Waals surface area contributed by atoms with Crippen molar-refractivity contribution in [2.75, 3.05) is 6.61 Å². The highest BCUT2D eigenvalue weighted by Gasteiger charge is 2.12. The summed E-state index contributed by atoms with van der Waals surface area (Å²) < 4.78 is 5.70. The second-order valence-electron chi connectivity index (χ2n) is 5.93. The molecule has 0 aliphatic carbocycles. The van der Waals surface area contributed by atoms with Crippen LogP contribution in [0.25, 0.3) is 0 Å². The lowest BCUT2D eigenvalue weighted by Gasteiger charge is -2.17. The summed E-state index contributed by atoms with van der Waals surface area (Å²) in [6.45, 7) is 4.75. The molecule has 2 rings (SSSR count). The molecule has 0 radical (unpaired) electrons. The summed E-state index contributed by atoms with van der Waals surface area (Å²) in [4.78, 5) is 16.1. The maximum Gasteiger partial charge on any atom is 0.220 e. The molecule has 1 heterocycles. The number of amides is 1. The maximum absolute atomic E-state index is 12.1. The van der Waals surface area contributed by atoms with E-state index < -0.39 is 0 Å². The summed E-state index contributed by atoms with van der Waals surface area (Å²) in [5.74, 6) is 0.984. The van der Waals surface area contributed by atoms with E-state index in [1.807, 2.05) is 43.3 Å². The summed E-state index contributed by atoms with van der Waals surface area (Å²) in [7, 11) is 0. The SMILES string of the molecule is CCC(NC(=O)CCCCOc1cccc(C)c1)c1ccncc1. The molecule has 4 heteroatoms. The predicted octanol–water partition coefficient (Wildman–Crippen LogP) is 4.21. The smallest absolute Gasteiger partial charge is 0.220 e. The fraction of sp³-hybridized carbons (Fsp3) is 0.400. The first kappa shape index (κ1) is 18.0. The van der Waals surface area contributed by atoms with Crippen molar-refractivity contribution >= 4 is 5.91 Å². The molecular weight excluding hydrogens is 300 g/mol. The van der Waals surface area contributed by atoms with Gasteiger partial charge in [0.2, 0.25) is 5.91 Å². The quantitative estimate of drug-likeness (QED) is 0.702. The number of benzene rings is 1. The number of aromatic nitrogens is 1. The number of hydrogen-bond acceptors (Lipinski definition) is 3. The van der Waals surface area contributed by atoms with Crippen molar-refractivity contribution in [3.63, 3.8) is 0 Å². The third-order valence-electron chi connectivity index (χ3n) is 3.91. The van der Waals surface area contributed by atoms with Crippen LogP contribution < -0.4 is 10.1 Å². The molecule has 2 aromatic rings.